The van der Waals surface area contributed by atoms with Crippen LogP contribution in [0, 0.1) is 15.5 Å². The average molecular weight is 732 g/mol. The van der Waals surface area contributed by atoms with Crippen molar-refractivity contribution >= 4 is 45.5 Å². The highest BCUT2D eigenvalue weighted by Crippen LogP contribution is 2.55. The van der Waals surface area contributed by atoms with Crippen LogP contribution in [0.25, 0.3) is 0 Å². The maximum absolute atomic E-state index is 13.2. The lowest BCUT2D eigenvalue weighted by Crippen LogP contribution is -2.48. The summed E-state index contributed by atoms with van der Waals surface area (Å²) in [6.45, 7) is 3.54. The molecule has 0 spiro atoms. The summed E-state index contributed by atoms with van der Waals surface area (Å²) in [5.74, 6) is -2.68. The lowest BCUT2D eigenvalue weighted by atomic mass is 9.67. The van der Waals surface area contributed by atoms with Crippen molar-refractivity contribution in [3.63, 3.8) is 0 Å². The number of phenolic OH excluding ortho intramolecular Hbond substituents is 1. The molecule has 15 heteroatoms. The van der Waals surface area contributed by atoms with Gasteiger partial charge in [-0.25, -0.2) is 0 Å². The van der Waals surface area contributed by atoms with Crippen molar-refractivity contribution in [3.8, 4) is 5.75 Å². The first-order chi connectivity index (χ1) is 23.3. The number of hydrogen-bond donors (Lipinski definition) is 5. The number of amides is 2. The van der Waals surface area contributed by atoms with Crippen molar-refractivity contribution in [2.75, 3.05) is 18.1 Å². The van der Waals surface area contributed by atoms with Gasteiger partial charge in [-0.1, -0.05) is 69.2 Å². The Labute approximate surface area is 294 Å². The van der Waals surface area contributed by atoms with Gasteiger partial charge in [0.2, 0.25) is 11.8 Å². The SMILES string of the molecule is CCCCC1(CC)C(O)C(c2ccccc2)c2cc(SCC(=O)N[C@@H](C(=O)NCCS(=O)(=O)O)c3ccc(O)cc3)ccc2SC1[N+](=O)[O-]. The normalized spacial score (nSPS) is 21.2. The zero-order valence-corrected chi connectivity index (χ0v) is 29.6. The van der Waals surface area contributed by atoms with Crippen LogP contribution >= 0.6 is 23.5 Å². The Balaban J connectivity index is 1.61. The number of nitro groups is 1. The van der Waals surface area contributed by atoms with Crippen LogP contribution in [0.3, 0.4) is 0 Å². The van der Waals surface area contributed by atoms with Crippen LogP contribution in [-0.4, -0.2) is 69.4 Å². The third kappa shape index (κ3) is 9.54. The number of phenols is 1. The predicted octanol–water partition coefficient (Wildman–Crippen LogP) is 5.13. The number of aromatic hydroxyl groups is 1. The van der Waals surface area contributed by atoms with E-state index in [1.54, 1.807) is 12.1 Å². The lowest BCUT2D eigenvalue weighted by molar-refractivity contribution is -0.518. The number of fused-ring (bicyclic) bond motifs is 1. The molecule has 0 saturated carbocycles. The lowest BCUT2D eigenvalue weighted by Gasteiger charge is -2.40. The topological polar surface area (TPSA) is 196 Å². The summed E-state index contributed by atoms with van der Waals surface area (Å²) in [4.78, 5) is 39.9. The Kier molecular flexibility index (Phi) is 13.1. The number of rotatable bonds is 15. The van der Waals surface area contributed by atoms with Crippen LogP contribution < -0.4 is 10.6 Å². The molecule has 1 aliphatic heterocycles. The number of carbonyl (C=O) groups is 2. The highest BCUT2D eigenvalue weighted by molar-refractivity contribution is 8.00. The van der Waals surface area contributed by atoms with E-state index in [-0.39, 0.29) is 23.0 Å². The second-order valence-electron chi connectivity index (χ2n) is 11.9. The van der Waals surface area contributed by atoms with Crippen LogP contribution in [0.15, 0.2) is 82.6 Å². The Bertz CT molecular complexity index is 1730. The predicted molar refractivity (Wildman–Crippen MR) is 189 cm³/mol. The summed E-state index contributed by atoms with van der Waals surface area (Å²) in [6.07, 6.45) is 1.40. The van der Waals surface area contributed by atoms with Gasteiger partial charge in [-0.05, 0) is 71.6 Å². The fraction of sp³-hybridized carbons (Fsp3) is 0.412. The Morgan fingerprint density at radius 3 is 2.39 bits per heavy atom. The van der Waals surface area contributed by atoms with Gasteiger partial charge in [-0.2, -0.15) is 8.42 Å². The molecule has 3 aromatic carbocycles. The molecule has 2 amide bonds. The molecule has 5 atom stereocenters. The second-order valence-corrected chi connectivity index (χ2v) is 15.7. The van der Waals surface area contributed by atoms with E-state index in [0.717, 1.165) is 35.7 Å². The standard InChI is InChI=1S/C34H41N3O9S3/c1-3-5-17-34(4-2)31(40)29(22-9-7-6-8-10-22)26-20-25(15-16-27(26)48-33(34)37(42)43)47-21-28(39)36-30(23-11-13-24(38)14-12-23)32(41)35-18-19-49(44,45)46/h6-16,20,29-31,33,38,40H,3-5,17-19,21H2,1-2H3,(H,35,41)(H,36,39)(H,44,45,46)/t29?,30-,31?,33?,34?/m1/s1. The van der Waals surface area contributed by atoms with Crippen molar-refractivity contribution in [1.29, 1.82) is 0 Å². The van der Waals surface area contributed by atoms with Crippen molar-refractivity contribution in [1.82, 2.24) is 10.6 Å². The third-order valence-corrected chi connectivity index (χ3v) is 12.0. The number of carbonyl (C=O) groups excluding carboxylic acids is 2. The van der Waals surface area contributed by atoms with Crippen LogP contribution in [0.1, 0.15) is 68.2 Å². The van der Waals surface area contributed by atoms with Gasteiger partial charge in [-0.15, -0.1) is 11.8 Å². The summed E-state index contributed by atoms with van der Waals surface area (Å²) < 4.78 is 31.2. The first-order valence-electron chi connectivity index (χ1n) is 15.9. The number of unbranched alkanes of at least 4 members (excludes halogenated alkanes) is 1. The van der Waals surface area contributed by atoms with E-state index >= 15 is 0 Å². The van der Waals surface area contributed by atoms with Crippen molar-refractivity contribution < 1.29 is 37.7 Å². The first kappa shape index (κ1) is 38.2. The molecule has 1 heterocycles. The fourth-order valence-electron chi connectivity index (χ4n) is 6.19. The third-order valence-electron chi connectivity index (χ3n) is 8.78. The van der Waals surface area contributed by atoms with Gasteiger partial charge in [0.15, 0.2) is 0 Å². The summed E-state index contributed by atoms with van der Waals surface area (Å²) in [5.41, 5.74) is 0.895. The molecule has 49 heavy (non-hydrogen) atoms. The zero-order chi connectivity index (χ0) is 35.8. The second kappa shape index (κ2) is 16.9. The van der Waals surface area contributed by atoms with E-state index in [4.69, 9.17) is 4.55 Å². The maximum Gasteiger partial charge on any atom is 0.270 e. The molecule has 264 valence electrons. The molecule has 1 aliphatic rings. The van der Waals surface area contributed by atoms with Gasteiger partial charge in [0.25, 0.3) is 15.5 Å². The molecule has 0 aromatic heterocycles. The zero-order valence-electron chi connectivity index (χ0n) is 27.2. The fourth-order valence-corrected chi connectivity index (χ4v) is 8.76. The average Bonchev–Trinajstić information content (AvgIpc) is 3.17. The van der Waals surface area contributed by atoms with E-state index in [2.05, 4.69) is 10.6 Å². The van der Waals surface area contributed by atoms with Crippen molar-refractivity contribution in [2.24, 2.45) is 5.41 Å². The van der Waals surface area contributed by atoms with Crippen LogP contribution in [-0.2, 0) is 19.7 Å². The molecular formula is C34H41N3O9S3. The number of benzene rings is 3. The van der Waals surface area contributed by atoms with Gasteiger partial charge in [0.05, 0.1) is 23.0 Å². The summed E-state index contributed by atoms with van der Waals surface area (Å²) in [6, 6.07) is 19.2. The number of aliphatic hydroxyl groups is 1. The van der Waals surface area contributed by atoms with Crippen molar-refractivity contribution in [3.05, 3.63) is 99.6 Å². The molecular weight excluding hydrogens is 691 g/mol. The van der Waals surface area contributed by atoms with Crippen LogP contribution in [0.2, 0.25) is 0 Å². The summed E-state index contributed by atoms with van der Waals surface area (Å²) in [7, 11) is -4.32. The molecule has 5 N–H and O–H groups in total. The summed E-state index contributed by atoms with van der Waals surface area (Å²) >= 11 is 2.34. The van der Waals surface area contributed by atoms with Gasteiger partial charge in [-0.3, -0.25) is 24.3 Å². The Morgan fingerprint density at radius 1 is 1.08 bits per heavy atom. The van der Waals surface area contributed by atoms with Gasteiger partial charge < -0.3 is 20.8 Å². The van der Waals surface area contributed by atoms with Gasteiger partial charge in [0.1, 0.15) is 11.8 Å². The number of nitrogens with zero attached hydrogens (tertiary/aromatic N) is 1. The highest BCUT2D eigenvalue weighted by atomic mass is 32.2. The maximum atomic E-state index is 13.2. The number of aliphatic hydroxyl groups excluding tert-OH is 1. The van der Waals surface area contributed by atoms with Crippen LogP contribution in [0.5, 0.6) is 5.75 Å². The minimum absolute atomic E-state index is 0.0532. The minimum atomic E-state index is -4.32. The smallest absolute Gasteiger partial charge is 0.270 e. The van der Waals surface area contributed by atoms with E-state index < -0.39 is 56.5 Å². The summed E-state index contributed by atoms with van der Waals surface area (Å²) in [5, 5.41) is 38.5. The quantitative estimate of drug-likeness (QED) is 0.0601. The van der Waals surface area contributed by atoms with E-state index in [0.29, 0.717) is 28.2 Å². The molecule has 0 bridgehead atoms. The van der Waals surface area contributed by atoms with Crippen molar-refractivity contribution in [2.45, 2.75) is 72.8 Å². The number of hydrogen-bond acceptors (Lipinski definition) is 10. The molecule has 12 nitrogen and oxygen atoms in total. The van der Waals surface area contributed by atoms with E-state index in [1.807, 2.05) is 50.2 Å². The molecule has 4 unspecified atom stereocenters. The minimum Gasteiger partial charge on any atom is -0.508 e. The van der Waals surface area contributed by atoms with Gasteiger partial charge in [0, 0.05) is 27.2 Å². The molecule has 0 radical (unpaired) electrons. The molecule has 0 saturated heterocycles. The monoisotopic (exact) mass is 731 g/mol. The van der Waals surface area contributed by atoms with E-state index in [9.17, 15) is 38.3 Å². The number of thioether (sulfide) groups is 2. The Hall–Kier alpha value is -3.63. The largest absolute Gasteiger partial charge is 0.508 e. The first-order valence-corrected chi connectivity index (χ1v) is 19.4. The molecule has 4 rings (SSSR count). The highest BCUT2D eigenvalue weighted by Gasteiger charge is 2.56. The number of nitrogens with one attached hydrogen (secondary N) is 2. The molecule has 0 fully saturated rings. The van der Waals surface area contributed by atoms with E-state index in [1.165, 1.54) is 36.0 Å². The van der Waals surface area contributed by atoms with Crippen LogP contribution in [0.4, 0.5) is 0 Å². The van der Waals surface area contributed by atoms with Gasteiger partial charge >= 0.3 is 0 Å². The molecule has 0 aliphatic carbocycles. The Morgan fingerprint density at radius 2 is 1.78 bits per heavy atom. The molecule has 3 aromatic rings.